The van der Waals surface area contributed by atoms with Crippen LogP contribution in [-0.2, 0) is 18.6 Å². The molecular weight excluding hydrogens is 585 g/mol. The first-order valence-corrected chi connectivity index (χ1v) is 15.7. The summed E-state index contributed by atoms with van der Waals surface area (Å²) in [6.07, 6.45) is 5.79. The van der Waals surface area contributed by atoms with E-state index in [1.165, 1.54) is 20.0 Å². The number of oxazole rings is 1. The first-order valence-electron chi connectivity index (χ1n) is 15.7. The van der Waals surface area contributed by atoms with Crippen molar-refractivity contribution in [2.24, 2.45) is 0 Å². The van der Waals surface area contributed by atoms with Crippen molar-refractivity contribution >= 4 is 11.8 Å². The molecule has 3 N–H and O–H groups in total. The number of aromatic nitrogens is 2. The van der Waals surface area contributed by atoms with E-state index in [4.69, 9.17) is 4.42 Å². The molecule has 9 nitrogen and oxygen atoms in total. The van der Waals surface area contributed by atoms with Gasteiger partial charge in [-0.05, 0) is 87.9 Å². The van der Waals surface area contributed by atoms with Gasteiger partial charge in [0, 0.05) is 48.7 Å². The van der Waals surface area contributed by atoms with Crippen LogP contribution in [0.4, 0.5) is 4.39 Å². The van der Waals surface area contributed by atoms with Gasteiger partial charge < -0.3 is 25.1 Å². The maximum absolute atomic E-state index is 14.4. The third-order valence-electron chi connectivity index (χ3n) is 8.27. The van der Waals surface area contributed by atoms with E-state index in [0.717, 1.165) is 35.2 Å². The van der Waals surface area contributed by atoms with Crippen molar-refractivity contribution in [1.29, 1.82) is 0 Å². The molecule has 46 heavy (non-hydrogen) atoms. The lowest BCUT2D eigenvalue weighted by molar-refractivity contribution is 0.0715. The SMILES string of the molecule is Cc1cc(C(=O)NC(Cc2ccccc2)C(O)CNCc2cncc(C(C)(C)F)c2)cc(C(=O)N2CCCC2c2nc(C)co2)c1. The molecule has 0 bridgehead atoms. The van der Waals surface area contributed by atoms with Gasteiger partial charge >= 0.3 is 0 Å². The Bertz CT molecular complexity index is 1650. The summed E-state index contributed by atoms with van der Waals surface area (Å²) in [5.41, 5.74) is 2.98. The molecule has 3 unspecified atom stereocenters. The summed E-state index contributed by atoms with van der Waals surface area (Å²) in [6.45, 7) is 7.78. The molecule has 242 valence electrons. The smallest absolute Gasteiger partial charge is 0.254 e. The zero-order valence-electron chi connectivity index (χ0n) is 26.8. The van der Waals surface area contributed by atoms with Crippen LogP contribution < -0.4 is 10.6 Å². The summed E-state index contributed by atoms with van der Waals surface area (Å²) >= 11 is 0. The second-order valence-corrected chi connectivity index (χ2v) is 12.6. The molecule has 1 aliphatic rings. The van der Waals surface area contributed by atoms with Crippen LogP contribution >= 0.6 is 0 Å². The molecule has 1 saturated heterocycles. The molecule has 5 rings (SSSR count). The van der Waals surface area contributed by atoms with Crippen LogP contribution in [0.5, 0.6) is 0 Å². The van der Waals surface area contributed by atoms with Crippen LogP contribution in [0.3, 0.4) is 0 Å². The molecule has 4 aromatic rings. The fourth-order valence-corrected chi connectivity index (χ4v) is 5.81. The second-order valence-electron chi connectivity index (χ2n) is 12.6. The number of hydrogen-bond donors (Lipinski definition) is 3. The molecule has 3 atom stereocenters. The molecule has 0 aliphatic carbocycles. The van der Waals surface area contributed by atoms with Gasteiger partial charge in [0.05, 0.1) is 17.8 Å². The van der Waals surface area contributed by atoms with Gasteiger partial charge in [-0.2, -0.15) is 0 Å². The van der Waals surface area contributed by atoms with Crippen molar-refractivity contribution in [3.63, 3.8) is 0 Å². The van der Waals surface area contributed by atoms with Gasteiger partial charge in [0.1, 0.15) is 18.0 Å². The average molecular weight is 628 g/mol. The van der Waals surface area contributed by atoms with E-state index in [9.17, 15) is 19.1 Å². The number of halogens is 1. The minimum absolute atomic E-state index is 0.176. The number of benzene rings is 2. The topological polar surface area (TPSA) is 121 Å². The number of aliphatic hydroxyl groups is 1. The highest BCUT2D eigenvalue weighted by Gasteiger charge is 2.34. The number of pyridine rings is 1. The number of carbonyl (C=O) groups is 2. The Hall–Kier alpha value is -4.41. The highest BCUT2D eigenvalue weighted by Crippen LogP contribution is 2.33. The Balaban J connectivity index is 1.29. The van der Waals surface area contributed by atoms with Gasteiger partial charge in [-0.15, -0.1) is 0 Å². The number of alkyl halides is 1. The molecule has 0 radical (unpaired) electrons. The zero-order valence-corrected chi connectivity index (χ0v) is 26.8. The average Bonchev–Trinajstić information content (AvgIpc) is 3.69. The number of hydrogen-bond acceptors (Lipinski definition) is 7. The lowest BCUT2D eigenvalue weighted by Gasteiger charge is -2.25. The van der Waals surface area contributed by atoms with Gasteiger partial charge in [0.25, 0.3) is 11.8 Å². The number of amides is 2. The Labute approximate surface area is 269 Å². The minimum atomic E-state index is -1.51. The van der Waals surface area contributed by atoms with E-state index in [1.54, 1.807) is 41.6 Å². The summed E-state index contributed by atoms with van der Waals surface area (Å²) in [5.74, 6) is -0.0486. The summed E-state index contributed by atoms with van der Waals surface area (Å²) in [7, 11) is 0. The highest BCUT2D eigenvalue weighted by atomic mass is 19.1. The van der Waals surface area contributed by atoms with Crippen molar-refractivity contribution in [1.82, 2.24) is 25.5 Å². The van der Waals surface area contributed by atoms with Gasteiger partial charge in [-0.25, -0.2) is 9.37 Å². The Kier molecular flexibility index (Phi) is 10.3. The number of likely N-dealkylation sites (tertiary alicyclic amines) is 1. The first-order chi connectivity index (χ1) is 22.0. The van der Waals surface area contributed by atoms with E-state index >= 15 is 0 Å². The van der Waals surface area contributed by atoms with Gasteiger partial charge in [0.15, 0.2) is 0 Å². The minimum Gasteiger partial charge on any atom is -0.446 e. The number of carbonyl (C=O) groups excluding carboxylic acids is 2. The molecule has 1 fully saturated rings. The molecular formula is C36H42FN5O4. The number of nitrogens with zero attached hydrogens (tertiary/aromatic N) is 3. The number of rotatable bonds is 12. The third-order valence-corrected chi connectivity index (χ3v) is 8.27. The number of aryl methyl sites for hydroxylation is 2. The fourth-order valence-electron chi connectivity index (χ4n) is 5.81. The van der Waals surface area contributed by atoms with Crippen LogP contribution in [-0.4, -0.2) is 57.0 Å². The predicted molar refractivity (Wildman–Crippen MR) is 173 cm³/mol. The Morgan fingerprint density at radius 1 is 1.09 bits per heavy atom. The van der Waals surface area contributed by atoms with Crippen LogP contribution in [0, 0.1) is 13.8 Å². The molecule has 3 heterocycles. The molecule has 2 aromatic carbocycles. The van der Waals surface area contributed by atoms with Crippen molar-refractivity contribution in [3.8, 4) is 0 Å². The fraction of sp³-hybridized carbons (Fsp3) is 0.389. The van der Waals surface area contributed by atoms with Gasteiger partial charge in [0.2, 0.25) is 5.89 Å². The summed E-state index contributed by atoms with van der Waals surface area (Å²) < 4.78 is 20.0. The van der Waals surface area contributed by atoms with Crippen molar-refractivity contribution in [2.45, 2.75) is 77.4 Å². The second kappa shape index (κ2) is 14.3. The van der Waals surface area contributed by atoms with E-state index in [0.29, 0.717) is 42.1 Å². The predicted octanol–water partition coefficient (Wildman–Crippen LogP) is 5.36. The highest BCUT2D eigenvalue weighted by molar-refractivity contribution is 6.00. The molecule has 1 aliphatic heterocycles. The van der Waals surface area contributed by atoms with Gasteiger partial charge in [-0.1, -0.05) is 30.3 Å². The normalized spacial score (nSPS) is 16.3. The Morgan fingerprint density at radius 2 is 1.85 bits per heavy atom. The molecule has 0 saturated carbocycles. The van der Waals surface area contributed by atoms with Crippen molar-refractivity contribution in [2.75, 3.05) is 13.1 Å². The molecule has 2 aromatic heterocycles. The molecule has 2 amide bonds. The monoisotopic (exact) mass is 627 g/mol. The maximum Gasteiger partial charge on any atom is 0.254 e. The largest absolute Gasteiger partial charge is 0.446 e. The molecule has 10 heteroatoms. The van der Waals surface area contributed by atoms with E-state index < -0.39 is 17.8 Å². The van der Waals surface area contributed by atoms with E-state index in [1.807, 2.05) is 44.2 Å². The van der Waals surface area contributed by atoms with Crippen LogP contribution in [0.15, 0.2) is 77.7 Å². The Morgan fingerprint density at radius 3 is 2.57 bits per heavy atom. The third kappa shape index (κ3) is 8.24. The maximum atomic E-state index is 14.4. The first kappa shape index (κ1) is 33.0. The lowest BCUT2D eigenvalue weighted by Crippen LogP contribution is -2.48. The summed E-state index contributed by atoms with van der Waals surface area (Å²) in [6, 6.07) is 15.6. The van der Waals surface area contributed by atoms with E-state index in [-0.39, 0.29) is 24.4 Å². The van der Waals surface area contributed by atoms with E-state index in [2.05, 4.69) is 20.6 Å². The van der Waals surface area contributed by atoms with Crippen LogP contribution in [0.2, 0.25) is 0 Å². The summed E-state index contributed by atoms with van der Waals surface area (Å²) in [4.78, 5) is 37.7. The van der Waals surface area contributed by atoms with Gasteiger partial charge in [-0.3, -0.25) is 14.6 Å². The van der Waals surface area contributed by atoms with Crippen molar-refractivity contribution < 1.29 is 23.5 Å². The summed E-state index contributed by atoms with van der Waals surface area (Å²) in [5, 5.41) is 17.5. The zero-order chi connectivity index (χ0) is 32.8. The standard InChI is InChI=1S/C36H42FN5O4/c1-23-13-27(17-28(14-23)35(45)42-12-8-11-31(42)34-40-24(2)22-46-34)33(44)41-30(16-25-9-6-5-7-10-25)32(43)21-39-19-26-15-29(20-38-18-26)36(3,4)37/h5-7,9-10,13-15,17-18,20,22,30-32,39,43H,8,11-12,16,19,21H2,1-4H3,(H,41,44). The van der Waals surface area contributed by atoms with Crippen molar-refractivity contribution in [3.05, 3.63) is 118 Å². The lowest BCUT2D eigenvalue weighted by atomic mass is 9.99. The molecule has 0 spiro atoms. The van der Waals surface area contributed by atoms with Crippen LogP contribution in [0.25, 0.3) is 0 Å². The number of aliphatic hydroxyl groups excluding tert-OH is 1. The van der Waals surface area contributed by atoms with Crippen LogP contribution in [0.1, 0.15) is 87.3 Å². The quantitative estimate of drug-likeness (QED) is 0.193. The number of nitrogens with one attached hydrogen (secondary N) is 2.